The van der Waals surface area contributed by atoms with Crippen molar-refractivity contribution in [1.82, 2.24) is 25.9 Å². The average Bonchev–Trinajstić information content (AvgIpc) is 3.27. The molecule has 0 radical (unpaired) electrons. The van der Waals surface area contributed by atoms with E-state index < -0.39 is 54.3 Å². The average molecular weight is 469 g/mol. The van der Waals surface area contributed by atoms with Crippen molar-refractivity contribution < 1.29 is 29.1 Å². The van der Waals surface area contributed by atoms with Gasteiger partial charge in [0.25, 0.3) is 0 Å². The van der Waals surface area contributed by atoms with Gasteiger partial charge in [0.2, 0.25) is 23.6 Å². The Morgan fingerprint density at radius 3 is 2.36 bits per heavy atom. The number of rotatable bonds is 16. The zero-order valence-corrected chi connectivity index (χ0v) is 18.2. The molecule has 33 heavy (non-hydrogen) atoms. The Hall–Kier alpha value is -3.52. The van der Waals surface area contributed by atoms with Crippen LogP contribution in [0, 0.1) is 0 Å². The Morgan fingerprint density at radius 2 is 1.79 bits per heavy atom. The monoisotopic (exact) mass is 468 g/mol. The van der Waals surface area contributed by atoms with Crippen molar-refractivity contribution in [2.24, 2.45) is 17.2 Å². The number of hydrogen-bond donors (Lipinski definition) is 8. The van der Waals surface area contributed by atoms with Crippen LogP contribution in [-0.2, 0) is 30.4 Å². The maximum atomic E-state index is 12.7. The van der Waals surface area contributed by atoms with Crippen LogP contribution < -0.4 is 33.2 Å². The number of hydrogen-bond acceptors (Lipinski definition) is 8. The van der Waals surface area contributed by atoms with E-state index in [0.29, 0.717) is 31.5 Å². The number of nitrogens with zero attached hydrogens (tertiary/aromatic N) is 1. The minimum atomic E-state index is -1.34. The summed E-state index contributed by atoms with van der Waals surface area (Å²) in [5.74, 6) is -4.04. The van der Waals surface area contributed by atoms with E-state index in [1.807, 2.05) is 0 Å². The van der Waals surface area contributed by atoms with E-state index in [4.69, 9.17) is 22.3 Å². The standard InChI is InChI=1S/C19H32N8O6/c20-6-2-1-3-12(21)17(30)27-14(7-11-8-23-10-25-11)18(31)24-9-16(29)26-13(19(32)33)4-5-15(22)28/h8,10,12-14H,1-7,9,20-21H2,(H2,22,28)(H,23,25)(H,24,31)(H,26,29)(H,27,30)(H,32,33). The number of carbonyl (C=O) groups is 5. The molecule has 184 valence electrons. The SMILES string of the molecule is NCCCCC(N)C(=O)NC(Cc1cnc[nH]1)C(=O)NCC(=O)NC(CCC(N)=O)C(=O)O. The first-order valence-electron chi connectivity index (χ1n) is 10.5. The largest absolute Gasteiger partial charge is 0.480 e. The van der Waals surface area contributed by atoms with E-state index in [1.54, 1.807) is 0 Å². The van der Waals surface area contributed by atoms with Gasteiger partial charge in [-0.05, 0) is 25.8 Å². The molecule has 1 rings (SSSR count). The van der Waals surface area contributed by atoms with Crippen LogP contribution >= 0.6 is 0 Å². The van der Waals surface area contributed by atoms with Gasteiger partial charge in [0.05, 0.1) is 18.9 Å². The number of amides is 4. The van der Waals surface area contributed by atoms with Crippen LogP contribution in [0.15, 0.2) is 12.5 Å². The Balaban J connectivity index is 2.69. The summed E-state index contributed by atoms with van der Waals surface area (Å²) in [6.07, 6.45) is 4.30. The lowest BCUT2D eigenvalue weighted by atomic mass is 10.1. The topological polar surface area (TPSA) is 248 Å². The number of nitrogens with one attached hydrogen (secondary N) is 4. The fourth-order valence-electron chi connectivity index (χ4n) is 2.82. The lowest BCUT2D eigenvalue weighted by Gasteiger charge is -2.20. The highest BCUT2D eigenvalue weighted by Gasteiger charge is 2.26. The second-order valence-corrected chi connectivity index (χ2v) is 7.41. The summed E-state index contributed by atoms with van der Waals surface area (Å²) in [6, 6.07) is -3.23. The molecule has 1 heterocycles. The van der Waals surface area contributed by atoms with Crippen molar-refractivity contribution in [3.63, 3.8) is 0 Å². The smallest absolute Gasteiger partial charge is 0.326 e. The number of unbranched alkanes of at least 4 members (excludes halogenated alkanes) is 1. The van der Waals surface area contributed by atoms with Crippen molar-refractivity contribution in [2.45, 2.75) is 56.7 Å². The van der Waals surface area contributed by atoms with E-state index in [9.17, 15) is 24.0 Å². The fourth-order valence-corrected chi connectivity index (χ4v) is 2.82. The van der Waals surface area contributed by atoms with Gasteiger partial charge < -0.3 is 43.2 Å². The molecule has 0 spiro atoms. The summed E-state index contributed by atoms with van der Waals surface area (Å²) >= 11 is 0. The molecule has 0 aliphatic heterocycles. The molecule has 0 saturated carbocycles. The molecule has 1 aromatic heterocycles. The van der Waals surface area contributed by atoms with Crippen molar-refractivity contribution in [1.29, 1.82) is 0 Å². The van der Waals surface area contributed by atoms with Gasteiger partial charge in [-0.25, -0.2) is 9.78 Å². The summed E-state index contributed by atoms with van der Waals surface area (Å²) in [7, 11) is 0. The molecule has 14 heteroatoms. The number of carbonyl (C=O) groups excluding carboxylic acids is 4. The number of aromatic amines is 1. The number of imidazole rings is 1. The molecular weight excluding hydrogens is 436 g/mol. The molecule has 3 unspecified atom stereocenters. The van der Waals surface area contributed by atoms with Crippen LogP contribution in [0.3, 0.4) is 0 Å². The number of carboxylic acids is 1. The Morgan fingerprint density at radius 1 is 1.06 bits per heavy atom. The quantitative estimate of drug-likeness (QED) is 0.114. The third kappa shape index (κ3) is 11.1. The lowest BCUT2D eigenvalue weighted by molar-refractivity contribution is -0.142. The molecule has 0 fully saturated rings. The summed E-state index contributed by atoms with van der Waals surface area (Å²) in [6.45, 7) is -0.0659. The molecular formula is C19H32N8O6. The van der Waals surface area contributed by atoms with Crippen molar-refractivity contribution in [2.75, 3.05) is 13.1 Å². The number of primary amides is 1. The highest BCUT2D eigenvalue weighted by atomic mass is 16.4. The second-order valence-electron chi connectivity index (χ2n) is 7.41. The van der Waals surface area contributed by atoms with Gasteiger partial charge in [-0.3, -0.25) is 19.2 Å². The fraction of sp³-hybridized carbons (Fsp3) is 0.579. The predicted molar refractivity (Wildman–Crippen MR) is 116 cm³/mol. The van der Waals surface area contributed by atoms with E-state index in [-0.39, 0.29) is 19.3 Å². The summed E-state index contributed by atoms with van der Waals surface area (Å²) in [4.78, 5) is 65.9. The Labute approximate surface area is 190 Å². The maximum absolute atomic E-state index is 12.7. The van der Waals surface area contributed by atoms with Gasteiger partial charge in [0, 0.05) is 24.7 Å². The number of carboxylic acid groups (broad SMARTS) is 1. The first-order valence-corrected chi connectivity index (χ1v) is 10.5. The van der Waals surface area contributed by atoms with E-state index >= 15 is 0 Å². The summed E-state index contributed by atoms with van der Waals surface area (Å²) < 4.78 is 0. The molecule has 14 nitrogen and oxygen atoms in total. The zero-order valence-electron chi connectivity index (χ0n) is 18.2. The predicted octanol–water partition coefficient (Wildman–Crippen LogP) is -3.16. The molecule has 0 saturated heterocycles. The first kappa shape index (κ1) is 27.5. The molecule has 0 aliphatic rings. The van der Waals surface area contributed by atoms with Crippen LogP contribution in [0.1, 0.15) is 37.8 Å². The Bertz CT molecular complexity index is 800. The number of nitrogens with two attached hydrogens (primary N) is 3. The molecule has 0 bridgehead atoms. The molecule has 4 amide bonds. The van der Waals surface area contributed by atoms with Gasteiger partial charge >= 0.3 is 5.97 Å². The second kappa shape index (κ2) is 14.5. The van der Waals surface area contributed by atoms with Gasteiger partial charge in [0.15, 0.2) is 0 Å². The van der Waals surface area contributed by atoms with Crippen LogP contribution in [-0.4, -0.2) is 75.9 Å². The van der Waals surface area contributed by atoms with Crippen LogP contribution in [0.25, 0.3) is 0 Å². The normalized spacial score (nSPS) is 13.4. The van der Waals surface area contributed by atoms with E-state index in [0.717, 1.165) is 0 Å². The third-order valence-corrected chi connectivity index (χ3v) is 4.65. The summed E-state index contributed by atoms with van der Waals surface area (Å²) in [5, 5.41) is 16.3. The van der Waals surface area contributed by atoms with Crippen LogP contribution in [0.5, 0.6) is 0 Å². The third-order valence-electron chi connectivity index (χ3n) is 4.65. The maximum Gasteiger partial charge on any atom is 0.326 e. The molecule has 0 aliphatic carbocycles. The van der Waals surface area contributed by atoms with Crippen LogP contribution in [0.4, 0.5) is 0 Å². The van der Waals surface area contributed by atoms with Gasteiger partial charge in [-0.15, -0.1) is 0 Å². The molecule has 1 aromatic rings. The van der Waals surface area contributed by atoms with Crippen LogP contribution in [0.2, 0.25) is 0 Å². The minimum absolute atomic E-state index is 0.0606. The van der Waals surface area contributed by atoms with Crippen molar-refractivity contribution in [3.8, 4) is 0 Å². The molecule has 3 atom stereocenters. The van der Waals surface area contributed by atoms with Crippen molar-refractivity contribution >= 4 is 29.6 Å². The molecule has 0 aromatic carbocycles. The number of H-pyrrole nitrogens is 1. The van der Waals surface area contributed by atoms with E-state index in [2.05, 4.69) is 25.9 Å². The van der Waals surface area contributed by atoms with E-state index in [1.165, 1.54) is 12.5 Å². The minimum Gasteiger partial charge on any atom is -0.480 e. The number of aromatic nitrogens is 2. The molecule has 11 N–H and O–H groups in total. The Kier molecular flexibility index (Phi) is 12.1. The van der Waals surface area contributed by atoms with Gasteiger partial charge in [-0.1, -0.05) is 6.42 Å². The number of aliphatic carboxylic acids is 1. The first-order chi connectivity index (χ1) is 15.6. The zero-order chi connectivity index (χ0) is 24.8. The highest BCUT2D eigenvalue weighted by molar-refractivity contribution is 5.92. The van der Waals surface area contributed by atoms with Gasteiger partial charge in [0.1, 0.15) is 12.1 Å². The van der Waals surface area contributed by atoms with Crippen molar-refractivity contribution in [3.05, 3.63) is 18.2 Å². The lowest BCUT2D eigenvalue weighted by Crippen LogP contribution is -2.54. The van der Waals surface area contributed by atoms with Gasteiger partial charge in [-0.2, -0.15) is 0 Å². The highest BCUT2D eigenvalue weighted by Crippen LogP contribution is 2.03. The summed E-state index contributed by atoms with van der Waals surface area (Å²) in [5.41, 5.74) is 16.9.